The molecule has 0 amide bonds. The highest BCUT2D eigenvalue weighted by molar-refractivity contribution is 7.99. The number of alkyl halides is 1. The zero-order valence-corrected chi connectivity index (χ0v) is 22.4. The Balaban J connectivity index is 1.30. The smallest absolute Gasteiger partial charge is 0.139 e. The van der Waals surface area contributed by atoms with Gasteiger partial charge in [-0.25, -0.2) is 13.2 Å². The van der Waals surface area contributed by atoms with Gasteiger partial charge in [-0.2, -0.15) is 0 Å². The summed E-state index contributed by atoms with van der Waals surface area (Å²) < 4.78 is 48.5. The number of benzene rings is 2. The predicted octanol–water partition coefficient (Wildman–Crippen LogP) is 7.22. The van der Waals surface area contributed by atoms with E-state index in [4.69, 9.17) is 16.3 Å². The van der Waals surface area contributed by atoms with Crippen LogP contribution in [0.15, 0.2) is 47.5 Å². The zero-order valence-electron chi connectivity index (χ0n) is 20.9. The predicted molar refractivity (Wildman–Crippen MR) is 143 cm³/mol. The van der Waals surface area contributed by atoms with Gasteiger partial charge in [-0.3, -0.25) is 4.98 Å². The Morgan fingerprint density at radius 1 is 1.19 bits per heavy atom. The minimum atomic E-state index is -1.29. The van der Waals surface area contributed by atoms with Gasteiger partial charge in [0.1, 0.15) is 23.6 Å². The van der Waals surface area contributed by atoms with Crippen LogP contribution >= 0.6 is 23.4 Å². The van der Waals surface area contributed by atoms with Crippen molar-refractivity contribution in [2.75, 3.05) is 39.1 Å². The molecule has 200 valence electrons. The maximum absolute atomic E-state index is 15.6. The topological polar surface area (TPSA) is 45.6 Å². The number of methoxy groups -OCH3 is 1. The second-order valence-electron chi connectivity index (χ2n) is 9.66. The Morgan fingerprint density at radius 2 is 1.92 bits per heavy atom. The van der Waals surface area contributed by atoms with E-state index in [9.17, 15) is 13.9 Å². The first-order valence-electron chi connectivity index (χ1n) is 12.5. The number of aliphatic hydroxyl groups is 1. The van der Waals surface area contributed by atoms with Gasteiger partial charge in [-0.15, -0.1) is 11.8 Å². The van der Waals surface area contributed by atoms with Gasteiger partial charge in [0.2, 0.25) is 0 Å². The van der Waals surface area contributed by atoms with Crippen molar-refractivity contribution in [3.8, 4) is 5.75 Å². The Bertz CT molecular complexity index is 1190. The summed E-state index contributed by atoms with van der Waals surface area (Å²) in [6.45, 7) is 2.42. The lowest BCUT2D eigenvalue weighted by Gasteiger charge is -2.41. The van der Waals surface area contributed by atoms with Crippen molar-refractivity contribution in [1.29, 1.82) is 0 Å². The molecular formula is C28H32ClF3N2O2S. The van der Waals surface area contributed by atoms with Crippen molar-refractivity contribution in [2.45, 2.75) is 43.2 Å². The number of nitrogens with zero attached hydrogens (tertiary/aromatic N) is 2. The zero-order chi connectivity index (χ0) is 26.4. The quantitative estimate of drug-likeness (QED) is 0.201. The SMILES string of the molecule is COc1ccc2ncc(Cl)c([C@H](F)CCC3(CO)CCN(CCCSc4c(F)cccc4F)CC3)c2c1. The van der Waals surface area contributed by atoms with Crippen molar-refractivity contribution in [2.24, 2.45) is 5.41 Å². The number of fused-ring (bicyclic) bond motifs is 1. The number of thioether (sulfide) groups is 1. The average molecular weight is 553 g/mol. The van der Waals surface area contributed by atoms with Crippen LogP contribution in [0, 0.1) is 17.0 Å². The number of likely N-dealkylation sites (tertiary alicyclic amines) is 1. The number of rotatable bonds is 11. The second-order valence-corrected chi connectivity index (χ2v) is 11.2. The fourth-order valence-corrected chi connectivity index (χ4v) is 6.17. The molecule has 3 aromatic rings. The summed E-state index contributed by atoms with van der Waals surface area (Å²) in [7, 11) is 1.56. The lowest BCUT2D eigenvalue weighted by molar-refractivity contribution is 0.0304. The number of hydrogen-bond donors (Lipinski definition) is 1. The third kappa shape index (κ3) is 6.72. The van der Waals surface area contributed by atoms with Crippen LogP contribution in [-0.2, 0) is 0 Å². The molecule has 2 aromatic carbocycles. The standard InChI is InChI=1S/C28H32ClF3N2O2S/c1-36-19-6-7-25-20(16-19)26(21(29)17-33-25)22(30)8-9-28(18-35)10-13-34(14-11-28)12-3-15-37-27-23(31)4-2-5-24(27)32/h2,4-7,16-17,22,35H,3,8-15,18H2,1H3/t22-/m1/s1. The largest absolute Gasteiger partial charge is 0.497 e. The number of ether oxygens (including phenoxy) is 1. The number of aromatic nitrogens is 1. The first-order valence-corrected chi connectivity index (χ1v) is 13.9. The lowest BCUT2D eigenvalue weighted by Crippen LogP contribution is -2.42. The highest BCUT2D eigenvalue weighted by Crippen LogP contribution is 2.42. The summed E-state index contributed by atoms with van der Waals surface area (Å²) in [4.78, 5) is 6.68. The summed E-state index contributed by atoms with van der Waals surface area (Å²) >= 11 is 7.58. The average Bonchev–Trinajstić information content (AvgIpc) is 2.91. The molecule has 1 fully saturated rings. The molecule has 0 radical (unpaired) electrons. The summed E-state index contributed by atoms with van der Waals surface area (Å²) in [6, 6.07) is 9.24. The Hall–Kier alpha value is -2.00. The van der Waals surface area contributed by atoms with Gasteiger partial charge < -0.3 is 14.7 Å². The molecule has 9 heteroatoms. The second kappa shape index (κ2) is 12.7. The molecule has 1 N–H and O–H groups in total. The normalized spacial score (nSPS) is 16.7. The fraction of sp³-hybridized carbons (Fsp3) is 0.464. The summed E-state index contributed by atoms with van der Waals surface area (Å²) in [5, 5.41) is 11.2. The van der Waals surface area contributed by atoms with Crippen LogP contribution in [0.25, 0.3) is 10.9 Å². The van der Waals surface area contributed by atoms with E-state index in [2.05, 4.69) is 9.88 Å². The molecule has 1 aromatic heterocycles. The Kier molecular flexibility index (Phi) is 9.62. The highest BCUT2D eigenvalue weighted by atomic mass is 35.5. The van der Waals surface area contributed by atoms with E-state index < -0.39 is 17.8 Å². The van der Waals surface area contributed by atoms with E-state index >= 15 is 4.39 Å². The molecule has 1 aliphatic heterocycles. The Morgan fingerprint density at radius 3 is 2.59 bits per heavy atom. The van der Waals surface area contributed by atoms with Gasteiger partial charge in [0, 0.05) is 23.8 Å². The van der Waals surface area contributed by atoms with Crippen LogP contribution in [-0.4, -0.2) is 54.1 Å². The van der Waals surface area contributed by atoms with Gasteiger partial charge >= 0.3 is 0 Å². The van der Waals surface area contributed by atoms with Crippen LogP contribution in [0.2, 0.25) is 5.02 Å². The first kappa shape index (κ1) is 28.0. The van der Waals surface area contributed by atoms with Gasteiger partial charge in [0.05, 0.1) is 22.5 Å². The Labute approximate surface area is 225 Å². The maximum atomic E-state index is 15.6. The molecule has 0 saturated carbocycles. The number of halogens is 4. The maximum Gasteiger partial charge on any atom is 0.139 e. The summed E-state index contributed by atoms with van der Waals surface area (Å²) in [5.74, 6) is 0.180. The summed E-state index contributed by atoms with van der Waals surface area (Å²) in [6.07, 6.45) is 3.33. The van der Waals surface area contributed by atoms with Gasteiger partial charge in [0.25, 0.3) is 0 Å². The minimum absolute atomic E-state index is 0.00855. The first-order chi connectivity index (χ1) is 17.9. The molecule has 4 nitrogen and oxygen atoms in total. The van der Waals surface area contributed by atoms with Crippen molar-refractivity contribution < 1.29 is 23.0 Å². The molecule has 1 atom stereocenters. The molecule has 1 saturated heterocycles. The number of pyridine rings is 1. The van der Waals surface area contributed by atoms with Crippen molar-refractivity contribution in [3.63, 3.8) is 0 Å². The van der Waals surface area contributed by atoms with Crippen LogP contribution in [0.3, 0.4) is 0 Å². The lowest BCUT2D eigenvalue weighted by atomic mass is 9.74. The molecule has 0 unspecified atom stereocenters. The number of hydrogen-bond acceptors (Lipinski definition) is 5. The molecule has 0 aliphatic carbocycles. The fourth-order valence-electron chi connectivity index (χ4n) is 5.01. The van der Waals surface area contributed by atoms with Crippen LogP contribution < -0.4 is 4.74 Å². The number of aliphatic hydroxyl groups excluding tert-OH is 1. The minimum Gasteiger partial charge on any atom is -0.497 e. The van der Waals surface area contributed by atoms with Crippen molar-refractivity contribution in [1.82, 2.24) is 9.88 Å². The van der Waals surface area contributed by atoms with Crippen LogP contribution in [0.1, 0.15) is 43.8 Å². The van der Waals surface area contributed by atoms with Gasteiger partial charge in [-0.1, -0.05) is 17.7 Å². The van der Waals surface area contributed by atoms with E-state index in [-0.39, 0.29) is 28.4 Å². The van der Waals surface area contributed by atoms with Crippen molar-refractivity contribution in [3.05, 3.63) is 64.8 Å². The number of piperidine rings is 1. The van der Waals surface area contributed by atoms with E-state index in [0.29, 0.717) is 34.4 Å². The van der Waals surface area contributed by atoms with E-state index in [0.717, 1.165) is 38.9 Å². The molecule has 37 heavy (non-hydrogen) atoms. The molecule has 1 aliphatic rings. The third-order valence-electron chi connectivity index (χ3n) is 7.35. The van der Waals surface area contributed by atoms with Gasteiger partial charge in [-0.05, 0) is 93.2 Å². The van der Waals surface area contributed by atoms with E-state index in [1.54, 1.807) is 25.3 Å². The monoisotopic (exact) mass is 552 g/mol. The highest BCUT2D eigenvalue weighted by Gasteiger charge is 2.35. The van der Waals surface area contributed by atoms with Crippen molar-refractivity contribution >= 4 is 34.3 Å². The molecule has 2 heterocycles. The van der Waals surface area contributed by atoms with Crippen LogP contribution in [0.4, 0.5) is 13.2 Å². The van der Waals surface area contributed by atoms with E-state index in [1.807, 2.05) is 0 Å². The molecular weight excluding hydrogens is 521 g/mol. The third-order valence-corrected chi connectivity index (χ3v) is 8.82. The van der Waals surface area contributed by atoms with E-state index in [1.165, 1.54) is 36.2 Å². The molecule has 0 bridgehead atoms. The van der Waals surface area contributed by atoms with Gasteiger partial charge in [0.15, 0.2) is 0 Å². The molecule has 4 rings (SSSR count). The van der Waals surface area contributed by atoms with Crippen LogP contribution in [0.5, 0.6) is 5.75 Å². The summed E-state index contributed by atoms with van der Waals surface area (Å²) in [5.41, 5.74) is 0.739. The molecule has 0 spiro atoms.